The van der Waals surface area contributed by atoms with Gasteiger partial charge in [-0.25, -0.2) is 9.97 Å². The minimum absolute atomic E-state index is 0.558. The number of benzene rings is 2. The molecule has 1 fully saturated rings. The molecule has 1 aliphatic rings. The number of rotatable bonds is 2. The van der Waals surface area contributed by atoms with Crippen LogP contribution in [0.4, 0.5) is 5.82 Å². The predicted molar refractivity (Wildman–Crippen MR) is 101 cm³/mol. The van der Waals surface area contributed by atoms with Gasteiger partial charge in [0.25, 0.3) is 0 Å². The van der Waals surface area contributed by atoms with Crippen molar-refractivity contribution in [1.29, 1.82) is 0 Å². The molecule has 0 amide bonds. The molecule has 24 heavy (non-hydrogen) atoms. The van der Waals surface area contributed by atoms with Crippen molar-refractivity contribution in [2.24, 2.45) is 0 Å². The minimum atomic E-state index is 0.558. The fourth-order valence-electron chi connectivity index (χ4n) is 3.34. The van der Waals surface area contributed by atoms with Crippen LogP contribution in [-0.2, 0) is 0 Å². The summed E-state index contributed by atoms with van der Waals surface area (Å²) in [7, 11) is 0. The Kier molecular flexibility index (Phi) is 4.30. The second kappa shape index (κ2) is 6.58. The van der Waals surface area contributed by atoms with Crippen molar-refractivity contribution in [3.05, 3.63) is 52.8 Å². The van der Waals surface area contributed by atoms with Gasteiger partial charge in [0.2, 0.25) is 0 Å². The van der Waals surface area contributed by atoms with Crippen molar-refractivity contribution in [3.63, 3.8) is 0 Å². The SMILES string of the molecule is Clc1ccc(-c2cccc3ncnc(N4CCCCC4)c23)cc1Cl. The lowest BCUT2D eigenvalue weighted by Gasteiger charge is -2.29. The van der Waals surface area contributed by atoms with Crippen LogP contribution >= 0.6 is 23.2 Å². The van der Waals surface area contributed by atoms with E-state index in [1.807, 2.05) is 30.3 Å². The molecule has 2 heterocycles. The zero-order chi connectivity index (χ0) is 16.5. The molecule has 0 spiro atoms. The highest BCUT2D eigenvalue weighted by molar-refractivity contribution is 6.42. The molecule has 0 aliphatic carbocycles. The molecule has 5 heteroatoms. The lowest BCUT2D eigenvalue weighted by atomic mass is 10.00. The van der Waals surface area contributed by atoms with Crippen LogP contribution in [0.1, 0.15) is 19.3 Å². The molecule has 0 atom stereocenters. The number of fused-ring (bicyclic) bond motifs is 1. The van der Waals surface area contributed by atoms with Gasteiger partial charge in [-0.05, 0) is 48.6 Å². The number of nitrogens with zero attached hydrogens (tertiary/aromatic N) is 3. The molecular formula is C19H17Cl2N3. The molecule has 3 nitrogen and oxygen atoms in total. The van der Waals surface area contributed by atoms with Crippen LogP contribution in [0.25, 0.3) is 22.0 Å². The van der Waals surface area contributed by atoms with E-state index in [0.29, 0.717) is 10.0 Å². The molecule has 122 valence electrons. The summed E-state index contributed by atoms with van der Waals surface area (Å²) in [6.07, 6.45) is 5.37. The molecule has 1 aliphatic heterocycles. The van der Waals surface area contributed by atoms with E-state index in [9.17, 15) is 0 Å². The zero-order valence-electron chi connectivity index (χ0n) is 13.2. The van der Waals surface area contributed by atoms with Crippen LogP contribution in [0.5, 0.6) is 0 Å². The molecule has 0 unspecified atom stereocenters. The van der Waals surface area contributed by atoms with Gasteiger partial charge in [0.1, 0.15) is 12.1 Å². The number of halogens is 2. The smallest absolute Gasteiger partial charge is 0.140 e. The van der Waals surface area contributed by atoms with Gasteiger partial charge in [-0.2, -0.15) is 0 Å². The van der Waals surface area contributed by atoms with Gasteiger partial charge in [-0.3, -0.25) is 0 Å². The topological polar surface area (TPSA) is 29.0 Å². The van der Waals surface area contributed by atoms with Crippen molar-refractivity contribution >= 4 is 39.9 Å². The second-order valence-electron chi connectivity index (χ2n) is 6.07. The van der Waals surface area contributed by atoms with Crippen molar-refractivity contribution in [2.45, 2.75) is 19.3 Å². The fourth-order valence-corrected chi connectivity index (χ4v) is 3.64. The third-order valence-corrected chi connectivity index (χ3v) is 5.27. The molecule has 0 radical (unpaired) electrons. The van der Waals surface area contributed by atoms with Gasteiger partial charge < -0.3 is 4.90 Å². The fraction of sp³-hybridized carbons (Fsp3) is 0.263. The number of hydrogen-bond acceptors (Lipinski definition) is 3. The summed E-state index contributed by atoms with van der Waals surface area (Å²) in [6, 6.07) is 11.9. The molecule has 1 saturated heterocycles. The maximum atomic E-state index is 6.23. The Balaban J connectivity index is 1.93. The van der Waals surface area contributed by atoms with Crippen LogP contribution in [0.2, 0.25) is 10.0 Å². The van der Waals surface area contributed by atoms with Gasteiger partial charge in [0.05, 0.1) is 20.9 Å². The maximum Gasteiger partial charge on any atom is 0.140 e. The van der Waals surface area contributed by atoms with E-state index in [-0.39, 0.29) is 0 Å². The van der Waals surface area contributed by atoms with Crippen LogP contribution in [0.3, 0.4) is 0 Å². The quantitative estimate of drug-likeness (QED) is 0.598. The Bertz CT molecular complexity index is 884. The van der Waals surface area contributed by atoms with E-state index in [2.05, 4.69) is 20.9 Å². The van der Waals surface area contributed by atoms with Crippen LogP contribution in [-0.4, -0.2) is 23.1 Å². The normalized spacial score (nSPS) is 15.0. The molecule has 4 rings (SSSR count). The molecule has 0 saturated carbocycles. The third kappa shape index (κ3) is 2.83. The molecule has 2 aromatic carbocycles. The Labute approximate surface area is 151 Å². The van der Waals surface area contributed by atoms with Gasteiger partial charge >= 0.3 is 0 Å². The van der Waals surface area contributed by atoms with Crippen molar-refractivity contribution < 1.29 is 0 Å². The number of aromatic nitrogens is 2. The first kappa shape index (κ1) is 15.7. The Morgan fingerprint density at radius 1 is 0.875 bits per heavy atom. The second-order valence-corrected chi connectivity index (χ2v) is 6.89. The molecule has 0 bridgehead atoms. The summed E-state index contributed by atoms with van der Waals surface area (Å²) < 4.78 is 0. The third-order valence-electron chi connectivity index (χ3n) is 4.53. The molecule has 1 aromatic heterocycles. The highest BCUT2D eigenvalue weighted by Gasteiger charge is 2.18. The van der Waals surface area contributed by atoms with Crippen LogP contribution in [0, 0.1) is 0 Å². The van der Waals surface area contributed by atoms with Gasteiger partial charge in [-0.15, -0.1) is 0 Å². The zero-order valence-corrected chi connectivity index (χ0v) is 14.7. The van der Waals surface area contributed by atoms with Crippen molar-refractivity contribution in [2.75, 3.05) is 18.0 Å². The lowest BCUT2D eigenvalue weighted by molar-refractivity contribution is 0.574. The Hall–Kier alpha value is -1.84. The Morgan fingerprint density at radius 3 is 2.50 bits per heavy atom. The minimum Gasteiger partial charge on any atom is -0.356 e. The lowest BCUT2D eigenvalue weighted by Crippen LogP contribution is -2.30. The van der Waals surface area contributed by atoms with Crippen molar-refractivity contribution in [3.8, 4) is 11.1 Å². The highest BCUT2D eigenvalue weighted by atomic mass is 35.5. The average molecular weight is 358 g/mol. The summed E-state index contributed by atoms with van der Waals surface area (Å²) >= 11 is 12.3. The van der Waals surface area contributed by atoms with E-state index < -0.39 is 0 Å². The molecule has 3 aromatic rings. The van der Waals surface area contributed by atoms with Gasteiger partial charge in [0, 0.05) is 13.1 Å². The number of hydrogen-bond donors (Lipinski definition) is 0. The average Bonchev–Trinajstić information content (AvgIpc) is 2.64. The first-order valence-corrected chi connectivity index (χ1v) is 8.94. The standard InChI is InChI=1S/C19H17Cl2N3/c20-15-8-7-13(11-16(15)21)14-5-4-6-17-18(14)19(23-12-22-17)24-9-2-1-3-10-24/h4-8,11-12H,1-3,9-10H2. The van der Waals surface area contributed by atoms with Crippen LogP contribution < -0.4 is 4.90 Å². The van der Waals surface area contributed by atoms with E-state index in [1.54, 1.807) is 6.33 Å². The summed E-state index contributed by atoms with van der Waals surface area (Å²) in [5.41, 5.74) is 3.07. The Morgan fingerprint density at radius 2 is 1.71 bits per heavy atom. The van der Waals surface area contributed by atoms with Crippen molar-refractivity contribution in [1.82, 2.24) is 9.97 Å². The largest absolute Gasteiger partial charge is 0.356 e. The van der Waals surface area contributed by atoms with E-state index >= 15 is 0 Å². The van der Waals surface area contributed by atoms with E-state index in [4.69, 9.17) is 23.2 Å². The summed E-state index contributed by atoms with van der Waals surface area (Å²) in [6.45, 7) is 2.09. The number of anilines is 1. The molecule has 0 N–H and O–H groups in total. The highest BCUT2D eigenvalue weighted by Crippen LogP contribution is 2.36. The first-order valence-electron chi connectivity index (χ1n) is 8.18. The summed E-state index contributed by atoms with van der Waals surface area (Å²) in [5, 5.41) is 2.20. The van der Waals surface area contributed by atoms with Crippen LogP contribution in [0.15, 0.2) is 42.7 Å². The predicted octanol–water partition coefficient (Wildman–Crippen LogP) is 5.59. The summed E-state index contributed by atoms with van der Waals surface area (Å²) in [4.78, 5) is 11.4. The maximum absolute atomic E-state index is 6.23. The number of piperidine rings is 1. The molecular weight excluding hydrogens is 341 g/mol. The van der Waals surface area contributed by atoms with Gasteiger partial charge in [-0.1, -0.05) is 41.4 Å². The summed E-state index contributed by atoms with van der Waals surface area (Å²) in [5.74, 6) is 1.02. The first-order chi connectivity index (χ1) is 11.7. The van der Waals surface area contributed by atoms with E-state index in [0.717, 1.165) is 40.9 Å². The van der Waals surface area contributed by atoms with Gasteiger partial charge in [0.15, 0.2) is 0 Å². The van der Waals surface area contributed by atoms with E-state index in [1.165, 1.54) is 19.3 Å². The monoisotopic (exact) mass is 357 g/mol.